The second kappa shape index (κ2) is 7.75. The molecule has 0 unspecified atom stereocenters. The number of nitrogens with zero attached hydrogens (tertiary/aromatic N) is 2. The van der Waals surface area contributed by atoms with E-state index in [1.165, 1.54) is 30.7 Å². The predicted molar refractivity (Wildman–Crippen MR) is 94.6 cm³/mol. The van der Waals surface area contributed by atoms with Gasteiger partial charge in [0, 0.05) is 36.6 Å². The number of carbonyl (C=O) groups excluding carboxylic acids is 1. The summed E-state index contributed by atoms with van der Waals surface area (Å²) in [5.74, 6) is 1.02. The van der Waals surface area contributed by atoms with Crippen LogP contribution < -0.4 is 5.32 Å². The molecule has 5 heteroatoms. The fourth-order valence-corrected chi connectivity index (χ4v) is 4.38. The Morgan fingerprint density at radius 1 is 1.35 bits per heavy atom. The summed E-state index contributed by atoms with van der Waals surface area (Å²) >= 11 is 1.75. The molecule has 1 aliphatic carbocycles. The number of hydrogen-bond donors (Lipinski definition) is 1. The third-order valence-corrected chi connectivity index (χ3v) is 5.95. The highest BCUT2D eigenvalue weighted by molar-refractivity contribution is 7.09. The molecule has 1 amide bonds. The van der Waals surface area contributed by atoms with Gasteiger partial charge < -0.3 is 10.2 Å². The van der Waals surface area contributed by atoms with Crippen LogP contribution in [-0.4, -0.2) is 34.9 Å². The molecule has 4 nitrogen and oxygen atoms in total. The van der Waals surface area contributed by atoms with Gasteiger partial charge in [-0.2, -0.15) is 0 Å². The SMILES string of the molecule is Cc1csc([C@@H](N[C@@H](C)CC(=O)N2CCCCCC2)C2CC2)n1. The van der Waals surface area contributed by atoms with E-state index in [0.29, 0.717) is 24.3 Å². The molecular formula is C18H29N3OS. The normalized spacial score (nSPS) is 21.7. The molecule has 0 aromatic carbocycles. The molecule has 1 aromatic rings. The molecule has 1 aromatic heterocycles. The number of hydrogen-bond acceptors (Lipinski definition) is 4. The van der Waals surface area contributed by atoms with Gasteiger partial charge in [0.15, 0.2) is 0 Å². The van der Waals surface area contributed by atoms with Crippen molar-refractivity contribution < 1.29 is 4.79 Å². The van der Waals surface area contributed by atoms with E-state index in [4.69, 9.17) is 0 Å². The van der Waals surface area contributed by atoms with Gasteiger partial charge in [-0.1, -0.05) is 12.8 Å². The van der Waals surface area contributed by atoms with Crippen molar-refractivity contribution in [2.45, 2.75) is 70.9 Å². The Kier molecular flexibility index (Phi) is 5.70. The van der Waals surface area contributed by atoms with E-state index in [-0.39, 0.29) is 6.04 Å². The fourth-order valence-electron chi connectivity index (χ4n) is 3.43. The van der Waals surface area contributed by atoms with Crippen LogP contribution in [0.4, 0.5) is 0 Å². The molecule has 2 fully saturated rings. The van der Waals surface area contributed by atoms with Crippen molar-refractivity contribution >= 4 is 17.2 Å². The summed E-state index contributed by atoms with van der Waals surface area (Å²) in [6, 6.07) is 0.543. The minimum absolute atomic E-state index is 0.209. The molecule has 2 atom stereocenters. The molecule has 3 rings (SSSR count). The standard InChI is InChI=1S/C18H29N3OS/c1-13(11-16(22)21-9-5-3-4-6-10-21)19-17(15-7-8-15)18-20-14(2)12-23-18/h12-13,15,17,19H,3-11H2,1-2H3/t13-,17-/m0/s1. The van der Waals surface area contributed by atoms with Crippen molar-refractivity contribution in [1.29, 1.82) is 0 Å². The van der Waals surface area contributed by atoms with Crippen molar-refractivity contribution in [3.8, 4) is 0 Å². The van der Waals surface area contributed by atoms with Gasteiger partial charge in [-0.3, -0.25) is 4.79 Å². The first kappa shape index (κ1) is 16.9. The van der Waals surface area contributed by atoms with Crippen LogP contribution in [0.1, 0.15) is 68.6 Å². The number of aryl methyl sites for hydroxylation is 1. The van der Waals surface area contributed by atoms with Gasteiger partial charge in [-0.05, 0) is 45.4 Å². The molecule has 0 bridgehead atoms. The predicted octanol–water partition coefficient (Wildman–Crippen LogP) is 3.67. The molecule has 2 aliphatic rings. The van der Waals surface area contributed by atoms with Crippen LogP contribution in [-0.2, 0) is 4.79 Å². The molecule has 1 saturated carbocycles. The Bertz CT molecular complexity index is 518. The van der Waals surface area contributed by atoms with E-state index < -0.39 is 0 Å². The van der Waals surface area contributed by atoms with E-state index in [0.717, 1.165) is 31.6 Å². The summed E-state index contributed by atoms with van der Waals surface area (Å²) in [6.07, 6.45) is 8.03. The fraction of sp³-hybridized carbons (Fsp3) is 0.778. The maximum absolute atomic E-state index is 12.5. The van der Waals surface area contributed by atoms with E-state index in [1.54, 1.807) is 11.3 Å². The summed E-state index contributed by atoms with van der Waals surface area (Å²) < 4.78 is 0. The minimum atomic E-state index is 0.209. The van der Waals surface area contributed by atoms with E-state index in [2.05, 4.69) is 34.4 Å². The lowest BCUT2D eigenvalue weighted by molar-refractivity contribution is -0.131. The Balaban J connectivity index is 1.54. The van der Waals surface area contributed by atoms with Gasteiger partial charge in [-0.25, -0.2) is 4.98 Å². The van der Waals surface area contributed by atoms with Crippen molar-refractivity contribution in [2.75, 3.05) is 13.1 Å². The maximum atomic E-state index is 12.5. The summed E-state index contributed by atoms with van der Waals surface area (Å²) in [5.41, 5.74) is 1.10. The Morgan fingerprint density at radius 3 is 2.61 bits per heavy atom. The summed E-state index contributed by atoms with van der Waals surface area (Å²) in [6.45, 7) is 6.09. The van der Waals surface area contributed by atoms with Crippen LogP contribution in [0.25, 0.3) is 0 Å². The first-order chi connectivity index (χ1) is 11.1. The number of aromatic nitrogens is 1. The molecular weight excluding hydrogens is 306 g/mol. The number of rotatable bonds is 6. The highest BCUT2D eigenvalue weighted by Gasteiger charge is 2.35. The first-order valence-electron chi connectivity index (χ1n) is 9.09. The summed E-state index contributed by atoms with van der Waals surface area (Å²) in [7, 11) is 0. The topological polar surface area (TPSA) is 45.2 Å². The molecule has 128 valence electrons. The largest absolute Gasteiger partial charge is 0.343 e. The van der Waals surface area contributed by atoms with Crippen molar-refractivity contribution in [2.24, 2.45) is 5.92 Å². The zero-order chi connectivity index (χ0) is 16.2. The molecule has 0 spiro atoms. The van der Waals surface area contributed by atoms with Gasteiger partial charge in [0.2, 0.25) is 5.91 Å². The van der Waals surface area contributed by atoms with Gasteiger partial charge >= 0.3 is 0 Å². The van der Waals surface area contributed by atoms with Gasteiger partial charge in [0.05, 0.1) is 6.04 Å². The molecule has 1 aliphatic heterocycles. The quantitative estimate of drug-likeness (QED) is 0.862. The van der Waals surface area contributed by atoms with Crippen molar-refractivity contribution in [3.63, 3.8) is 0 Å². The van der Waals surface area contributed by atoms with Crippen LogP contribution in [0.2, 0.25) is 0 Å². The van der Waals surface area contributed by atoms with Crippen LogP contribution in [0.5, 0.6) is 0 Å². The van der Waals surface area contributed by atoms with E-state index in [1.807, 2.05) is 0 Å². The molecule has 2 heterocycles. The van der Waals surface area contributed by atoms with Crippen molar-refractivity contribution in [3.05, 3.63) is 16.1 Å². The molecule has 1 N–H and O–H groups in total. The second-order valence-corrected chi connectivity index (χ2v) is 8.10. The average molecular weight is 336 g/mol. The monoisotopic (exact) mass is 335 g/mol. The molecule has 1 saturated heterocycles. The van der Waals surface area contributed by atoms with Crippen LogP contribution in [0.3, 0.4) is 0 Å². The van der Waals surface area contributed by atoms with Gasteiger partial charge in [0.25, 0.3) is 0 Å². The second-order valence-electron chi connectivity index (χ2n) is 7.21. The van der Waals surface area contributed by atoms with Crippen LogP contribution >= 0.6 is 11.3 Å². The number of carbonyl (C=O) groups is 1. The molecule has 0 radical (unpaired) electrons. The lowest BCUT2D eigenvalue weighted by Crippen LogP contribution is -2.39. The lowest BCUT2D eigenvalue weighted by atomic mass is 10.1. The van der Waals surface area contributed by atoms with Gasteiger partial charge in [0.1, 0.15) is 5.01 Å². The maximum Gasteiger partial charge on any atom is 0.224 e. The Hall–Kier alpha value is -0.940. The van der Waals surface area contributed by atoms with E-state index >= 15 is 0 Å². The lowest BCUT2D eigenvalue weighted by Gasteiger charge is -2.25. The Morgan fingerprint density at radius 2 is 2.04 bits per heavy atom. The number of amides is 1. The van der Waals surface area contributed by atoms with Crippen molar-refractivity contribution in [1.82, 2.24) is 15.2 Å². The zero-order valence-electron chi connectivity index (χ0n) is 14.4. The highest BCUT2D eigenvalue weighted by atomic mass is 32.1. The molecule has 23 heavy (non-hydrogen) atoms. The van der Waals surface area contributed by atoms with Crippen LogP contribution in [0, 0.1) is 12.8 Å². The summed E-state index contributed by atoms with van der Waals surface area (Å²) in [4.78, 5) is 19.3. The zero-order valence-corrected chi connectivity index (χ0v) is 15.2. The number of likely N-dealkylation sites (tertiary alicyclic amines) is 1. The first-order valence-corrected chi connectivity index (χ1v) is 9.97. The van der Waals surface area contributed by atoms with E-state index in [9.17, 15) is 4.79 Å². The number of nitrogens with one attached hydrogen (secondary N) is 1. The average Bonchev–Trinajstić information content (AvgIpc) is 3.31. The third kappa shape index (κ3) is 4.77. The van der Waals surface area contributed by atoms with Gasteiger partial charge in [-0.15, -0.1) is 11.3 Å². The third-order valence-electron chi connectivity index (χ3n) is 4.90. The number of thiazole rings is 1. The summed E-state index contributed by atoms with van der Waals surface area (Å²) in [5, 5.41) is 7.01. The Labute approximate surface area is 143 Å². The minimum Gasteiger partial charge on any atom is -0.343 e. The van der Waals surface area contributed by atoms with Crippen LogP contribution in [0.15, 0.2) is 5.38 Å². The highest BCUT2D eigenvalue weighted by Crippen LogP contribution is 2.42. The smallest absolute Gasteiger partial charge is 0.224 e.